The van der Waals surface area contributed by atoms with Crippen LogP contribution in [0.25, 0.3) is 0 Å². The lowest BCUT2D eigenvalue weighted by Crippen LogP contribution is -2.47. The highest BCUT2D eigenvalue weighted by atomic mass is 16.5. The molecule has 5 aliphatic rings. The van der Waals surface area contributed by atoms with E-state index in [2.05, 4.69) is 40.7 Å². The van der Waals surface area contributed by atoms with Gasteiger partial charge in [-0.2, -0.15) is 0 Å². The Morgan fingerprint density at radius 1 is 1.00 bits per heavy atom. The summed E-state index contributed by atoms with van der Waals surface area (Å²) in [4.78, 5) is 12.9. The van der Waals surface area contributed by atoms with Crippen molar-refractivity contribution in [2.24, 2.45) is 58.7 Å². The number of esters is 1. The Morgan fingerprint density at radius 3 is 2.53 bits per heavy atom. The van der Waals surface area contributed by atoms with Gasteiger partial charge in [0.25, 0.3) is 0 Å². The Bertz CT molecular complexity index is 791. The molecular formula is C34H56O2. The molecule has 5 aliphatic carbocycles. The summed E-state index contributed by atoms with van der Waals surface area (Å²) in [7, 11) is 0. The standard InChI is InChI=1S/C34H56O2/c1-22(2)10-9-11-23(3)31-16-17-32-30-21-26-20-27(36-33(35)25-12-7-6-8-13-25)14-15-28(26)24(4)29(30)18-19-34(31,32)5/h21-25,27-32H,6-20H2,1-5H3. The fourth-order valence-electron chi connectivity index (χ4n) is 10.2. The van der Waals surface area contributed by atoms with E-state index < -0.39 is 0 Å². The van der Waals surface area contributed by atoms with Crippen molar-refractivity contribution >= 4 is 5.97 Å². The van der Waals surface area contributed by atoms with Crippen molar-refractivity contribution in [2.75, 3.05) is 0 Å². The number of hydrogen-bond acceptors (Lipinski definition) is 2. The van der Waals surface area contributed by atoms with Crippen LogP contribution >= 0.6 is 0 Å². The van der Waals surface area contributed by atoms with Crippen molar-refractivity contribution in [3.05, 3.63) is 11.6 Å². The van der Waals surface area contributed by atoms with E-state index in [4.69, 9.17) is 4.74 Å². The Balaban J connectivity index is 1.26. The monoisotopic (exact) mass is 496 g/mol. The van der Waals surface area contributed by atoms with Gasteiger partial charge < -0.3 is 4.74 Å². The van der Waals surface area contributed by atoms with Crippen LogP contribution in [0.5, 0.6) is 0 Å². The summed E-state index contributed by atoms with van der Waals surface area (Å²) in [6.07, 6.45) is 22.1. The second kappa shape index (κ2) is 11.1. The molecule has 2 heteroatoms. The molecule has 9 atom stereocenters. The molecule has 0 N–H and O–H groups in total. The third kappa shape index (κ3) is 5.22. The molecule has 0 bridgehead atoms. The van der Waals surface area contributed by atoms with E-state index in [1.54, 1.807) is 5.57 Å². The Hall–Kier alpha value is -0.790. The van der Waals surface area contributed by atoms with Gasteiger partial charge in [0, 0.05) is 6.42 Å². The van der Waals surface area contributed by atoms with E-state index in [1.165, 1.54) is 70.6 Å². The fourth-order valence-corrected chi connectivity index (χ4v) is 10.2. The minimum absolute atomic E-state index is 0.121. The van der Waals surface area contributed by atoms with Crippen LogP contribution < -0.4 is 0 Å². The topological polar surface area (TPSA) is 26.3 Å². The van der Waals surface area contributed by atoms with Crippen molar-refractivity contribution in [1.29, 1.82) is 0 Å². The van der Waals surface area contributed by atoms with Crippen LogP contribution in [0.15, 0.2) is 11.6 Å². The van der Waals surface area contributed by atoms with Gasteiger partial charge in [-0.05, 0) is 104 Å². The van der Waals surface area contributed by atoms with Gasteiger partial charge in [-0.1, -0.05) is 84.8 Å². The lowest BCUT2D eigenvalue weighted by molar-refractivity contribution is -0.156. The minimum Gasteiger partial charge on any atom is -0.462 e. The first-order valence-corrected chi connectivity index (χ1v) is 16.2. The summed E-state index contributed by atoms with van der Waals surface area (Å²) in [5, 5.41) is 0. The summed E-state index contributed by atoms with van der Waals surface area (Å²) in [5.41, 5.74) is 2.21. The first-order chi connectivity index (χ1) is 17.3. The van der Waals surface area contributed by atoms with E-state index >= 15 is 0 Å². The average molecular weight is 497 g/mol. The Labute approximate surface area is 222 Å². The van der Waals surface area contributed by atoms with Crippen LogP contribution in [0, 0.1) is 58.7 Å². The number of carbonyl (C=O) groups is 1. The second-order valence-corrected chi connectivity index (χ2v) is 14.8. The fraction of sp³-hybridized carbons (Fsp3) is 0.912. The molecule has 0 amide bonds. The number of fused-ring (bicyclic) bond motifs is 4. The van der Waals surface area contributed by atoms with E-state index in [0.717, 1.165) is 73.0 Å². The first kappa shape index (κ1) is 26.8. The lowest BCUT2D eigenvalue weighted by atomic mass is 9.50. The van der Waals surface area contributed by atoms with Crippen molar-refractivity contribution in [3.63, 3.8) is 0 Å². The van der Waals surface area contributed by atoms with E-state index in [9.17, 15) is 4.79 Å². The molecule has 0 aromatic carbocycles. The van der Waals surface area contributed by atoms with Crippen LogP contribution in [-0.4, -0.2) is 12.1 Å². The second-order valence-electron chi connectivity index (χ2n) is 14.8. The summed E-state index contributed by atoms with van der Waals surface area (Å²) in [6.45, 7) is 12.6. The molecule has 36 heavy (non-hydrogen) atoms. The van der Waals surface area contributed by atoms with Crippen LogP contribution in [0.4, 0.5) is 0 Å². The zero-order valence-corrected chi connectivity index (χ0v) is 24.3. The van der Waals surface area contributed by atoms with E-state index in [1.807, 2.05) is 0 Å². The van der Waals surface area contributed by atoms with Crippen molar-refractivity contribution in [1.82, 2.24) is 0 Å². The molecule has 4 saturated carbocycles. The van der Waals surface area contributed by atoms with Gasteiger partial charge in [0.1, 0.15) is 6.10 Å². The number of hydrogen-bond donors (Lipinski definition) is 0. The highest BCUT2D eigenvalue weighted by molar-refractivity contribution is 5.72. The van der Waals surface area contributed by atoms with Gasteiger partial charge >= 0.3 is 5.97 Å². The summed E-state index contributed by atoms with van der Waals surface area (Å²) in [6, 6.07) is 0. The molecule has 0 heterocycles. The molecule has 2 nitrogen and oxygen atoms in total. The summed E-state index contributed by atoms with van der Waals surface area (Å²) < 4.78 is 6.18. The molecule has 5 rings (SSSR count). The van der Waals surface area contributed by atoms with Crippen molar-refractivity contribution < 1.29 is 9.53 Å². The van der Waals surface area contributed by atoms with Gasteiger partial charge in [0.05, 0.1) is 5.92 Å². The van der Waals surface area contributed by atoms with Crippen molar-refractivity contribution in [3.8, 4) is 0 Å². The van der Waals surface area contributed by atoms with Gasteiger partial charge in [0.15, 0.2) is 0 Å². The molecule has 9 unspecified atom stereocenters. The number of carbonyl (C=O) groups excluding carboxylic acids is 1. The van der Waals surface area contributed by atoms with Crippen molar-refractivity contribution in [2.45, 2.75) is 137 Å². The molecule has 4 fully saturated rings. The van der Waals surface area contributed by atoms with Crippen LogP contribution in [0.2, 0.25) is 0 Å². The zero-order chi connectivity index (χ0) is 25.4. The predicted octanol–water partition coefficient (Wildman–Crippen LogP) is 9.38. The molecular weight excluding hydrogens is 440 g/mol. The van der Waals surface area contributed by atoms with Gasteiger partial charge in [-0.15, -0.1) is 0 Å². The molecule has 0 aromatic rings. The smallest absolute Gasteiger partial charge is 0.309 e. The third-order valence-corrected chi connectivity index (χ3v) is 12.3. The SMILES string of the molecule is CC(C)CCCC(C)C1CCC2C3C=C4CC(OC(=O)C5CCCCC5)CCC4C(C)C3CCC12C. The molecule has 0 spiro atoms. The number of rotatable bonds is 7. The van der Waals surface area contributed by atoms with Gasteiger partial charge in [0.2, 0.25) is 0 Å². The highest BCUT2D eigenvalue weighted by Gasteiger charge is 2.56. The van der Waals surface area contributed by atoms with Crippen LogP contribution in [-0.2, 0) is 9.53 Å². The maximum absolute atomic E-state index is 12.9. The molecule has 0 aliphatic heterocycles. The first-order valence-electron chi connectivity index (χ1n) is 16.2. The van der Waals surface area contributed by atoms with E-state index in [-0.39, 0.29) is 18.0 Å². The summed E-state index contributed by atoms with van der Waals surface area (Å²) in [5.74, 6) is 6.99. The Kier molecular flexibility index (Phi) is 8.29. The van der Waals surface area contributed by atoms with E-state index in [0.29, 0.717) is 5.41 Å². The minimum atomic E-state index is 0.121. The third-order valence-electron chi connectivity index (χ3n) is 12.3. The maximum Gasteiger partial charge on any atom is 0.309 e. The predicted molar refractivity (Wildman–Crippen MR) is 149 cm³/mol. The molecule has 0 saturated heterocycles. The average Bonchev–Trinajstić information content (AvgIpc) is 3.22. The largest absolute Gasteiger partial charge is 0.462 e. The molecule has 0 aromatic heterocycles. The molecule has 0 radical (unpaired) electrons. The normalized spacial score (nSPS) is 41.7. The summed E-state index contributed by atoms with van der Waals surface area (Å²) >= 11 is 0. The van der Waals surface area contributed by atoms with Gasteiger partial charge in [-0.3, -0.25) is 4.79 Å². The lowest BCUT2D eigenvalue weighted by Gasteiger charge is -2.55. The van der Waals surface area contributed by atoms with Crippen LogP contribution in [0.1, 0.15) is 131 Å². The number of allylic oxidation sites excluding steroid dienone is 1. The molecule has 204 valence electrons. The Morgan fingerprint density at radius 2 is 1.78 bits per heavy atom. The highest BCUT2D eigenvalue weighted by Crippen LogP contribution is 2.64. The van der Waals surface area contributed by atoms with Crippen LogP contribution in [0.3, 0.4) is 0 Å². The number of ether oxygens (including phenoxy) is 1. The van der Waals surface area contributed by atoms with Gasteiger partial charge in [-0.25, -0.2) is 0 Å². The quantitative estimate of drug-likeness (QED) is 0.259. The zero-order valence-electron chi connectivity index (χ0n) is 24.3. The maximum atomic E-state index is 12.9.